The van der Waals surface area contributed by atoms with Crippen LogP contribution in [0.1, 0.15) is 43.6 Å². The number of rotatable bonds is 6. The molecular formula is C23H26BrNO5. The molecule has 0 aliphatic rings. The van der Waals surface area contributed by atoms with Gasteiger partial charge < -0.3 is 14.8 Å². The van der Waals surface area contributed by atoms with Crippen LogP contribution < -0.4 is 5.32 Å². The van der Waals surface area contributed by atoms with Gasteiger partial charge in [-0.25, -0.2) is 9.59 Å². The zero-order valence-corrected chi connectivity index (χ0v) is 19.3. The molecule has 7 heteroatoms. The van der Waals surface area contributed by atoms with Gasteiger partial charge in [-0.3, -0.25) is 4.79 Å². The summed E-state index contributed by atoms with van der Waals surface area (Å²) in [5, 5.41) is 2.57. The Kier molecular flexibility index (Phi) is 7.78. The third kappa shape index (κ3) is 6.69. The first-order chi connectivity index (χ1) is 14.0. The van der Waals surface area contributed by atoms with E-state index in [4.69, 9.17) is 9.47 Å². The number of esters is 1. The lowest BCUT2D eigenvalue weighted by Crippen LogP contribution is -2.45. The summed E-state index contributed by atoms with van der Waals surface area (Å²) in [5.41, 5.74) is 2.63. The summed E-state index contributed by atoms with van der Waals surface area (Å²) in [6.07, 6.45) is -0.424. The van der Waals surface area contributed by atoms with E-state index in [1.807, 2.05) is 42.5 Å². The quantitative estimate of drug-likeness (QED) is 0.473. The highest BCUT2D eigenvalue weighted by atomic mass is 79.9. The third-order valence-electron chi connectivity index (χ3n) is 4.25. The van der Waals surface area contributed by atoms with Crippen LogP contribution in [0, 0.1) is 0 Å². The second-order valence-electron chi connectivity index (χ2n) is 7.87. The van der Waals surface area contributed by atoms with E-state index in [9.17, 15) is 14.4 Å². The molecule has 30 heavy (non-hydrogen) atoms. The molecular weight excluding hydrogens is 450 g/mol. The van der Waals surface area contributed by atoms with Gasteiger partial charge >= 0.3 is 12.1 Å². The highest BCUT2D eigenvalue weighted by Crippen LogP contribution is 2.26. The maximum absolute atomic E-state index is 12.1. The number of ether oxygens (including phenoxy) is 2. The van der Waals surface area contributed by atoms with Crippen LogP contribution in [0.5, 0.6) is 0 Å². The van der Waals surface area contributed by atoms with Gasteiger partial charge in [-0.05, 0) is 56.5 Å². The molecule has 0 radical (unpaired) electrons. The largest absolute Gasteiger partial charge is 0.467 e. The van der Waals surface area contributed by atoms with Crippen molar-refractivity contribution in [2.24, 2.45) is 0 Å². The molecule has 0 bridgehead atoms. The van der Waals surface area contributed by atoms with Gasteiger partial charge in [-0.1, -0.05) is 46.3 Å². The summed E-state index contributed by atoms with van der Waals surface area (Å²) in [7, 11) is 1.27. The van der Waals surface area contributed by atoms with E-state index in [0.29, 0.717) is 5.56 Å². The normalized spacial score (nSPS) is 12.1. The second-order valence-corrected chi connectivity index (χ2v) is 8.73. The number of hydrogen-bond donors (Lipinski definition) is 1. The van der Waals surface area contributed by atoms with Crippen LogP contribution in [0.2, 0.25) is 0 Å². The van der Waals surface area contributed by atoms with Crippen LogP contribution in [0.3, 0.4) is 0 Å². The van der Waals surface area contributed by atoms with Crippen molar-refractivity contribution in [3.05, 3.63) is 58.1 Å². The van der Waals surface area contributed by atoms with Gasteiger partial charge in [0.2, 0.25) is 0 Å². The van der Waals surface area contributed by atoms with Gasteiger partial charge in [0, 0.05) is 16.5 Å². The van der Waals surface area contributed by atoms with Gasteiger partial charge in [-0.15, -0.1) is 0 Å². The lowest BCUT2D eigenvalue weighted by atomic mass is 9.98. The fourth-order valence-electron chi connectivity index (χ4n) is 2.83. The standard InChI is InChI=1S/C23H26BrNO5/c1-14(26)18-13-17(10-11-19(18)24)16-8-6-15(7-9-16)12-20(21(27)29-5)25-22(28)30-23(2,3)4/h6-11,13,20H,12H2,1-5H3,(H,25,28)/t20-/m0/s1. The first-order valence-corrected chi connectivity index (χ1v) is 10.3. The number of amides is 1. The minimum atomic E-state index is -0.868. The van der Waals surface area contributed by atoms with E-state index in [0.717, 1.165) is 21.2 Å². The number of carbonyl (C=O) groups is 3. The summed E-state index contributed by atoms with van der Waals surface area (Å²) >= 11 is 3.39. The SMILES string of the molecule is COC(=O)[C@H](Cc1ccc(-c2ccc(Br)c(C(C)=O)c2)cc1)NC(=O)OC(C)(C)C. The summed E-state index contributed by atoms with van der Waals surface area (Å²) in [5.74, 6) is -0.571. The minimum absolute atomic E-state index is 0.0190. The Morgan fingerprint density at radius 2 is 1.63 bits per heavy atom. The molecule has 0 aromatic heterocycles. The van der Waals surface area contributed by atoms with Crippen molar-refractivity contribution in [2.75, 3.05) is 7.11 Å². The predicted octanol–water partition coefficient (Wildman–Crippen LogP) is 4.93. The number of hydrogen-bond acceptors (Lipinski definition) is 5. The van der Waals surface area contributed by atoms with Gasteiger partial charge in [0.05, 0.1) is 7.11 Å². The lowest BCUT2D eigenvalue weighted by Gasteiger charge is -2.22. The molecule has 2 aromatic rings. The van der Waals surface area contributed by atoms with Crippen LogP contribution in [-0.2, 0) is 20.7 Å². The van der Waals surface area contributed by atoms with Crippen LogP contribution in [0.15, 0.2) is 46.9 Å². The Morgan fingerprint density at radius 1 is 1.03 bits per heavy atom. The zero-order chi connectivity index (χ0) is 22.5. The van der Waals surface area contributed by atoms with Crippen LogP contribution >= 0.6 is 15.9 Å². The number of methoxy groups -OCH3 is 1. The number of nitrogens with one attached hydrogen (secondary N) is 1. The van der Waals surface area contributed by atoms with E-state index in [1.165, 1.54) is 14.0 Å². The Balaban J connectivity index is 2.17. The van der Waals surface area contributed by atoms with Gasteiger partial charge in [0.1, 0.15) is 11.6 Å². The molecule has 0 heterocycles. The monoisotopic (exact) mass is 475 g/mol. The summed E-state index contributed by atoms with van der Waals surface area (Å²) in [6, 6.07) is 12.3. The Morgan fingerprint density at radius 3 is 2.17 bits per heavy atom. The van der Waals surface area contributed by atoms with Crippen molar-refractivity contribution < 1.29 is 23.9 Å². The fourth-order valence-corrected chi connectivity index (χ4v) is 3.35. The van der Waals surface area contributed by atoms with Crippen molar-refractivity contribution in [2.45, 2.75) is 45.8 Å². The Hall–Kier alpha value is -2.67. The Bertz CT molecular complexity index is 932. The molecule has 0 saturated heterocycles. The van der Waals surface area contributed by atoms with Crippen molar-refractivity contribution in [1.82, 2.24) is 5.32 Å². The van der Waals surface area contributed by atoms with Crippen molar-refractivity contribution in [1.29, 1.82) is 0 Å². The van der Waals surface area contributed by atoms with Crippen molar-refractivity contribution in [3.8, 4) is 11.1 Å². The Labute approximate surface area is 185 Å². The molecule has 1 N–H and O–H groups in total. The number of halogens is 1. The molecule has 0 unspecified atom stereocenters. The summed E-state index contributed by atoms with van der Waals surface area (Å²) < 4.78 is 10.8. The number of benzene rings is 2. The molecule has 6 nitrogen and oxygen atoms in total. The fraction of sp³-hybridized carbons (Fsp3) is 0.348. The average molecular weight is 476 g/mol. The predicted molar refractivity (Wildman–Crippen MR) is 118 cm³/mol. The van der Waals surface area contributed by atoms with Crippen LogP contribution in [-0.4, -0.2) is 36.6 Å². The molecule has 1 atom stereocenters. The first-order valence-electron chi connectivity index (χ1n) is 9.47. The molecule has 160 valence electrons. The molecule has 2 rings (SSSR count). The lowest BCUT2D eigenvalue weighted by molar-refractivity contribution is -0.143. The second kappa shape index (κ2) is 9.89. The number of ketones is 1. The minimum Gasteiger partial charge on any atom is -0.467 e. The number of carbonyl (C=O) groups excluding carboxylic acids is 3. The van der Waals surface area contributed by atoms with E-state index in [1.54, 1.807) is 20.8 Å². The highest BCUT2D eigenvalue weighted by Gasteiger charge is 2.25. The highest BCUT2D eigenvalue weighted by molar-refractivity contribution is 9.10. The van der Waals surface area contributed by atoms with Crippen molar-refractivity contribution >= 4 is 33.8 Å². The molecule has 0 saturated carbocycles. The maximum Gasteiger partial charge on any atom is 0.408 e. The van der Waals surface area contributed by atoms with E-state index in [2.05, 4.69) is 21.2 Å². The van der Waals surface area contributed by atoms with E-state index >= 15 is 0 Å². The van der Waals surface area contributed by atoms with Gasteiger partial charge in [0.15, 0.2) is 5.78 Å². The molecule has 0 fully saturated rings. The smallest absolute Gasteiger partial charge is 0.408 e. The molecule has 2 aromatic carbocycles. The average Bonchev–Trinajstić information content (AvgIpc) is 2.66. The molecule has 0 aliphatic carbocycles. The maximum atomic E-state index is 12.1. The van der Waals surface area contributed by atoms with Gasteiger partial charge in [-0.2, -0.15) is 0 Å². The summed E-state index contributed by atoms with van der Waals surface area (Å²) in [6.45, 7) is 6.77. The number of alkyl carbamates (subject to hydrolysis) is 1. The first kappa shape index (κ1) is 23.6. The molecule has 0 aliphatic heterocycles. The topological polar surface area (TPSA) is 81.7 Å². The van der Waals surface area contributed by atoms with Gasteiger partial charge in [0.25, 0.3) is 0 Å². The van der Waals surface area contributed by atoms with Crippen LogP contribution in [0.25, 0.3) is 11.1 Å². The summed E-state index contributed by atoms with van der Waals surface area (Å²) in [4.78, 5) is 35.9. The molecule has 1 amide bonds. The van der Waals surface area contributed by atoms with E-state index < -0.39 is 23.7 Å². The molecule has 0 spiro atoms. The van der Waals surface area contributed by atoms with Crippen LogP contribution in [0.4, 0.5) is 4.79 Å². The zero-order valence-electron chi connectivity index (χ0n) is 17.7. The third-order valence-corrected chi connectivity index (χ3v) is 4.94. The van der Waals surface area contributed by atoms with Crippen molar-refractivity contribution in [3.63, 3.8) is 0 Å². The van der Waals surface area contributed by atoms with E-state index in [-0.39, 0.29) is 12.2 Å². The number of Topliss-reactive ketones (excluding diaryl/α,β-unsaturated/α-hetero) is 1.